The molecule has 2 aromatic heterocycles. The molecule has 1 aromatic carbocycles. The molecule has 1 aliphatic rings. The summed E-state index contributed by atoms with van der Waals surface area (Å²) < 4.78 is 0. The molecule has 1 saturated heterocycles. The van der Waals surface area contributed by atoms with Crippen molar-refractivity contribution in [3.8, 4) is 0 Å². The first-order valence-electron chi connectivity index (χ1n) is 9.29. The van der Waals surface area contributed by atoms with Gasteiger partial charge in [-0.25, -0.2) is 4.98 Å². The minimum atomic E-state index is -0.106. The number of nitrogens with one attached hydrogen (secondary N) is 1. The van der Waals surface area contributed by atoms with Gasteiger partial charge in [0, 0.05) is 42.1 Å². The minimum Gasteiger partial charge on any atom is -0.353 e. The lowest BCUT2D eigenvalue weighted by atomic mass is 10.0. The van der Waals surface area contributed by atoms with Gasteiger partial charge in [-0.05, 0) is 42.8 Å². The fraction of sp³-hybridized carbons (Fsp3) is 0.227. The van der Waals surface area contributed by atoms with Gasteiger partial charge in [-0.3, -0.25) is 9.78 Å². The smallest absolute Gasteiger partial charge is 0.213 e. The fourth-order valence-electron chi connectivity index (χ4n) is 3.51. The molecule has 1 N–H and O–H groups in total. The van der Waals surface area contributed by atoms with E-state index < -0.39 is 0 Å². The molecule has 3 heterocycles. The second-order valence-electron chi connectivity index (χ2n) is 6.82. The van der Waals surface area contributed by atoms with Crippen molar-refractivity contribution in [3.63, 3.8) is 0 Å². The average Bonchev–Trinajstić information content (AvgIpc) is 2.74. The van der Waals surface area contributed by atoms with Crippen molar-refractivity contribution in [2.24, 2.45) is 0 Å². The van der Waals surface area contributed by atoms with Gasteiger partial charge in [0.15, 0.2) is 0 Å². The van der Waals surface area contributed by atoms with E-state index in [9.17, 15) is 4.79 Å². The Bertz CT molecular complexity index is 1010. The SMILES string of the molecule is Cc1ncccc1C(=O)c1cccc(N2CCNC(c3ccccc3Cl)C2)n1. The molecule has 0 bridgehead atoms. The third-order valence-electron chi connectivity index (χ3n) is 5.00. The molecule has 6 heteroatoms. The van der Waals surface area contributed by atoms with Crippen molar-refractivity contribution in [3.05, 3.63) is 88.3 Å². The number of halogens is 1. The molecule has 0 spiro atoms. The summed E-state index contributed by atoms with van der Waals surface area (Å²) in [5.74, 6) is 0.691. The highest BCUT2D eigenvalue weighted by molar-refractivity contribution is 6.31. The summed E-state index contributed by atoms with van der Waals surface area (Å²) in [6.07, 6.45) is 1.69. The van der Waals surface area contributed by atoms with E-state index in [2.05, 4.69) is 20.2 Å². The van der Waals surface area contributed by atoms with Gasteiger partial charge in [-0.15, -0.1) is 0 Å². The Kier molecular flexibility index (Phi) is 5.37. The summed E-state index contributed by atoms with van der Waals surface area (Å²) in [5.41, 5.74) is 2.80. The normalized spacial score (nSPS) is 16.8. The summed E-state index contributed by atoms with van der Waals surface area (Å²) in [4.78, 5) is 23.9. The molecule has 1 unspecified atom stereocenters. The van der Waals surface area contributed by atoms with Gasteiger partial charge in [-0.2, -0.15) is 0 Å². The summed E-state index contributed by atoms with van der Waals surface area (Å²) in [6.45, 7) is 4.21. The van der Waals surface area contributed by atoms with Crippen LogP contribution in [0.3, 0.4) is 0 Å². The van der Waals surface area contributed by atoms with Gasteiger partial charge in [0.1, 0.15) is 11.5 Å². The lowest BCUT2D eigenvalue weighted by Gasteiger charge is -2.35. The van der Waals surface area contributed by atoms with Crippen molar-refractivity contribution >= 4 is 23.2 Å². The maximum Gasteiger partial charge on any atom is 0.213 e. The zero-order valence-corrected chi connectivity index (χ0v) is 16.4. The molecule has 1 atom stereocenters. The second-order valence-corrected chi connectivity index (χ2v) is 7.23. The van der Waals surface area contributed by atoms with Crippen molar-refractivity contribution < 1.29 is 4.79 Å². The van der Waals surface area contributed by atoms with Crippen molar-refractivity contribution in [2.75, 3.05) is 24.5 Å². The van der Waals surface area contributed by atoms with Crippen molar-refractivity contribution in [2.45, 2.75) is 13.0 Å². The number of benzene rings is 1. The molecule has 0 aliphatic carbocycles. The van der Waals surface area contributed by atoms with Gasteiger partial charge < -0.3 is 10.2 Å². The highest BCUT2D eigenvalue weighted by atomic mass is 35.5. The molecule has 1 fully saturated rings. The van der Waals surface area contributed by atoms with Gasteiger partial charge in [0.25, 0.3) is 0 Å². The Morgan fingerprint density at radius 1 is 1.14 bits per heavy atom. The van der Waals surface area contributed by atoms with Gasteiger partial charge in [0.2, 0.25) is 5.78 Å². The zero-order chi connectivity index (χ0) is 19.5. The third-order valence-corrected chi connectivity index (χ3v) is 5.34. The first-order valence-corrected chi connectivity index (χ1v) is 9.67. The first kappa shape index (κ1) is 18.6. The average molecular weight is 393 g/mol. The van der Waals surface area contributed by atoms with E-state index in [1.807, 2.05) is 43.3 Å². The van der Waals surface area contributed by atoms with Crippen LogP contribution < -0.4 is 10.2 Å². The van der Waals surface area contributed by atoms with E-state index in [1.54, 1.807) is 24.4 Å². The van der Waals surface area contributed by atoms with E-state index in [0.29, 0.717) is 17.0 Å². The lowest BCUT2D eigenvalue weighted by Crippen LogP contribution is -2.46. The number of aryl methyl sites for hydroxylation is 1. The van der Waals surface area contributed by atoms with Crippen LogP contribution >= 0.6 is 11.6 Å². The van der Waals surface area contributed by atoms with Gasteiger partial charge in [0.05, 0.1) is 6.04 Å². The first-order chi connectivity index (χ1) is 13.6. The number of piperazine rings is 1. The number of hydrogen-bond acceptors (Lipinski definition) is 5. The molecule has 5 nitrogen and oxygen atoms in total. The number of rotatable bonds is 4. The molecule has 0 amide bonds. The van der Waals surface area contributed by atoms with Gasteiger partial charge in [-0.1, -0.05) is 35.9 Å². The van der Waals surface area contributed by atoms with Crippen LogP contribution in [-0.2, 0) is 0 Å². The molecular formula is C22H21ClN4O. The topological polar surface area (TPSA) is 58.1 Å². The minimum absolute atomic E-state index is 0.106. The van der Waals surface area contributed by atoms with Crippen LogP contribution in [0, 0.1) is 6.92 Å². The highest BCUT2D eigenvalue weighted by Gasteiger charge is 2.24. The van der Waals surface area contributed by atoms with E-state index in [-0.39, 0.29) is 11.8 Å². The van der Waals surface area contributed by atoms with Crippen molar-refractivity contribution in [1.29, 1.82) is 0 Å². The number of anilines is 1. The number of pyridine rings is 2. The summed E-state index contributed by atoms with van der Waals surface area (Å²) >= 11 is 6.38. The summed E-state index contributed by atoms with van der Waals surface area (Å²) in [6, 6.07) is 17.1. The van der Waals surface area contributed by atoms with Crippen LogP contribution in [0.4, 0.5) is 5.82 Å². The van der Waals surface area contributed by atoms with E-state index in [1.165, 1.54) is 0 Å². The molecular weight excluding hydrogens is 372 g/mol. The summed E-state index contributed by atoms with van der Waals surface area (Å²) in [5, 5.41) is 4.27. The Morgan fingerprint density at radius 2 is 2.00 bits per heavy atom. The predicted octanol–water partition coefficient (Wildman–Crippen LogP) is 3.82. The number of aromatic nitrogens is 2. The number of carbonyl (C=O) groups is 1. The maximum atomic E-state index is 12.9. The molecule has 0 saturated carbocycles. The Balaban J connectivity index is 1.58. The van der Waals surface area contributed by atoms with Crippen LogP contribution in [0.1, 0.15) is 33.4 Å². The zero-order valence-electron chi connectivity index (χ0n) is 15.6. The van der Waals surface area contributed by atoms with Crippen LogP contribution in [0.25, 0.3) is 0 Å². The Labute approximate surface area is 169 Å². The highest BCUT2D eigenvalue weighted by Crippen LogP contribution is 2.27. The van der Waals surface area contributed by atoms with Crippen LogP contribution in [-0.4, -0.2) is 35.4 Å². The van der Waals surface area contributed by atoms with Crippen LogP contribution in [0.5, 0.6) is 0 Å². The molecule has 142 valence electrons. The number of hydrogen-bond donors (Lipinski definition) is 1. The standard InChI is InChI=1S/C22H21ClN4O/c1-15-16(7-5-11-24-15)22(28)19-9-4-10-21(26-19)27-13-12-25-20(14-27)17-6-2-3-8-18(17)23/h2-11,20,25H,12-14H2,1H3. The monoisotopic (exact) mass is 392 g/mol. The lowest BCUT2D eigenvalue weighted by molar-refractivity contribution is 0.103. The van der Waals surface area contributed by atoms with Crippen LogP contribution in [0.15, 0.2) is 60.8 Å². The number of nitrogens with zero attached hydrogens (tertiary/aromatic N) is 3. The largest absolute Gasteiger partial charge is 0.353 e. The van der Waals surface area contributed by atoms with E-state index >= 15 is 0 Å². The van der Waals surface area contributed by atoms with E-state index in [4.69, 9.17) is 11.6 Å². The molecule has 4 rings (SSSR count). The number of carbonyl (C=O) groups excluding carboxylic acids is 1. The Morgan fingerprint density at radius 3 is 2.82 bits per heavy atom. The van der Waals surface area contributed by atoms with Crippen LogP contribution in [0.2, 0.25) is 5.02 Å². The summed E-state index contributed by atoms with van der Waals surface area (Å²) in [7, 11) is 0. The molecule has 3 aromatic rings. The van der Waals surface area contributed by atoms with Crippen molar-refractivity contribution in [1.82, 2.24) is 15.3 Å². The fourth-order valence-corrected chi connectivity index (χ4v) is 3.78. The quantitative estimate of drug-likeness (QED) is 0.684. The van der Waals surface area contributed by atoms with Gasteiger partial charge >= 0.3 is 0 Å². The van der Waals surface area contributed by atoms with E-state index in [0.717, 1.165) is 36.0 Å². The predicted molar refractivity (Wildman–Crippen MR) is 111 cm³/mol. The molecule has 0 radical (unpaired) electrons. The Hall–Kier alpha value is -2.76. The number of ketones is 1. The molecule has 1 aliphatic heterocycles. The third kappa shape index (κ3) is 3.77. The second kappa shape index (κ2) is 8.09. The molecule has 28 heavy (non-hydrogen) atoms. The maximum absolute atomic E-state index is 12.9.